The van der Waals surface area contributed by atoms with Gasteiger partial charge in [0, 0.05) is 6.54 Å². The topological polar surface area (TPSA) is 95.5 Å². The second-order valence-electron chi connectivity index (χ2n) is 4.68. The van der Waals surface area contributed by atoms with Crippen molar-refractivity contribution in [1.82, 2.24) is 15.0 Å². The minimum atomic E-state index is -0.841. The summed E-state index contributed by atoms with van der Waals surface area (Å²) in [7, 11) is 0. The van der Waals surface area contributed by atoms with E-state index in [2.05, 4.69) is 20.3 Å². The second kappa shape index (κ2) is 8.66. The van der Waals surface area contributed by atoms with Crippen molar-refractivity contribution >= 4 is 11.9 Å². The fourth-order valence-corrected chi connectivity index (χ4v) is 1.73. The highest BCUT2D eigenvalue weighted by Gasteiger charge is 2.19. The van der Waals surface area contributed by atoms with Gasteiger partial charge in [-0.1, -0.05) is 18.2 Å². The number of rotatable bonds is 8. The molecule has 128 valence electrons. The quantitative estimate of drug-likeness (QED) is 0.736. The predicted octanol–water partition coefficient (Wildman–Crippen LogP) is 2.43. The predicted molar refractivity (Wildman–Crippen MR) is 87.2 cm³/mol. The van der Waals surface area contributed by atoms with Crippen LogP contribution in [0.4, 0.5) is 5.95 Å². The first-order valence-corrected chi connectivity index (χ1v) is 7.68. The van der Waals surface area contributed by atoms with Gasteiger partial charge >= 0.3 is 18.0 Å². The maximum absolute atomic E-state index is 11.7. The summed E-state index contributed by atoms with van der Waals surface area (Å²) in [5.41, 5.74) is 0. The number of esters is 1. The Hall–Kier alpha value is -2.90. The average Bonchev–Trinajstić information content (AvgIpc) is 2.56. The van der Waals surface area contributed by atoms with E-state index in [0.717, 1.165) is 0 Å². The standard InChI is InChI=1S/C16H20N4O4/c1-4-17-14-18-15(23-11(3)13(21)22-5-2)20-16(19-14)24-12-9-7-6-8-10-12/h6-11H,4-5H2,1-3H3,(H,17,18,19,20)/t11-/m0/s1. The number of hydrogen-bond donors (Lipinski definition) is 1. The van der Waals surface area contributed by atoms with E-state index >= 15 is 0 Å². The minimum Gasteiger partial charge on any atom is -0.463 e. The third-order valence-electron chi connectivity index (χ3n) is 2.78. The molecule has 1 aromatic carbocycles. The molecule has 0 saturated heterocycles. The van der Waals surface area contributed by atoms with Gasteiger partial charge in [0.1, 0.15) is 5.75 Å². The lowest BCUT2D eigenvalue weighted by Crippen LogP contribution is -2.27. The summed E-state index contributed by atoms with van der Waals surface area (Å²) in [6.45, 7) is 6.08. The number of carbonyl (C=O) groups is 1. The minimum absolute atomic E-state index is 0.0209. The van der Waals surface area contributed by atoms with E-state index in [9.17, 15) is 4.79 Å². The largest absolute Gasteiger partial charge is 0.463 e. The third-order valence-corrected chi connectivity index (χ3v) is 2.78. The first-order valence-electron chi connectivity index (χ1n) is 7.68. The zero-order valence-corrected chi connectivity index (χ0v) is 13.9. The molecule has 1 N–H and O–H groups in total. The number of nitrogens with one attached hydrogen (secondary N) is 1. The maximum Gasteiger partial charge on any atom is 0.347 e. The molecule has 1 atom stereocenters. The Balaban J connectivity index is 2.19. The number of ether oxygens (including phenoxy) is 3. The van der Waals surface area contributed by atoms with Gasteiger partial charge in [-0.15, -0.1) is 4.98 Å². The number of anilines is 1. The lowest BCUT2D eigenvalue weighted by Gasteiger charge is -2.13. The highest BCUT2D eigenvalue weighted by molar-refractivity contribution is 5.74. The van der Waals surface area contributed by atoms with E-state index in [1.807, 2.05) is 25.1 Å². The molecular formula is C16H20N4O4. The van der Waals surface area contributed by atoms with Gasteiger partial charge in [-0.25, -0.2) is 4.79 Å². The van der Waals surface area contributed by atoms with Crippen LogP contribution in [-0.4, -0.2) is 40.2 Å². The molecule has 0 bridgehead atoms. The molecule has 1 heterocycles. The average molecular weight is 332 g/mol. The third kappa shape index (κ3) is 5.08. The van der Waals surface area contributed by atoms with E-state index in [-0.39, 0.29) is 18.6 Å². The Morgan fingerprint density at radius 2 is 1.83 bits per heavy atom. The fraction of sp³-hybridized carbons (Fsp3) is 0.375. The molecule has 0 saturated carbocycles. The lowest BCUT2D eigenvalue weighted by molar-refractivity contribution is -0.150. The van der Waals surface area contributed by atoms with Gasteiger partial charge in [0.2, 0.25) is 5.95 Å². The first-order chi connectivity index (χ1) is 11.6. The summed E-state index contributed by atoms with van der Waals surface area (Å²) in [4.78, 5) is 24.0. The molecule has 0 radical (unpaired) electrons. The second-order valence-corrected chi connectivity index (χ2v) is 4.68. The van der Waals surface area contributed by atoms with Crippen molar-refractivity contribution in [3.05, 3.63) is 30.3 Å². The molecule has 0 unspecified atom stereocenters. The zero-order valence-electron chi connectivity index (χ0n) is 13.9. The van der Waals surface area contributed by atoms with Gasteiger partial charge in [0.25, 0.3) is 0 Å². The highest BCUT2D eigenvalue weighted by atomic mass is 16.6. The number of aromatic nitrogens is 3. The maximum atomic E-state index is 11.7. The Bertz CT molecular complexity index is 666. The van der Waals surface area contributed by atoms with Gasteiger partial charge in [-0.05, 0) is 32.9 Å². The van der Waals surface area contributed by atoms with Crippen molar-refractivity contribution < 1.29 is 19.0 Å². The number of hydrogen-bond acceptors (Lipinski definition) is 8. The smallest absolute Gasteiger partial charge is 0.347 e. The first kappa shape index (κ1) is 17.5. The number of benzene rings is 1. The summed E-state index contributed by atoms with van der Waals surface area (Å²) in [6.07, 6.45) is -0.841. The molecule has 1 aromatic heterocycles. The van der Waals surface area contributed by atoms with E-state index < -0.39 is 12.1 Å². The summed E-state index contributed by atoms with van der Waals surface area (Å²) in [5.74, 6) is 0.383. The fourth-order valence-electron chi connectivity index (χ4n) is 1.73. The van der Waals surface area contributed by atoms with Crippen LogP contribution in [0.1, 0.15) is 20.8 Å². The molecule has 0 fully saturated rings. The number of nitrogens with zero attached hydrogens (tertiary/aromatic N) is 3. The SMILES string of the molecule is CCNc1nc(Oc2ccccc2)nc(O[C@@H](C)C(=O)OCC)n1. The molecular weight excluding hydrogens is 312 g/mol. The van der Waals surface area contributed by atoms with Gasteiger partial charge < -0.3 is 19.5 Å². The van der Waals surface area contributed by atoms with Gasteiger partial charge in [0.05, 0.1) is 6.61 Å². The van der Waals surface area contributed by atoms with Crippen molar-refractivity contribution in [3.63, 3.8) is 0 Å². The molecule has 2 rings (SSSR count). The molecule has 8 heteroatoms. The Morgan fingerprint density at radius 3 is 2.50 bits per heavy atom. The van der Waals surface area contributed by atoms with Crippen molar-refractivity contribution in [2.75, 3.05) is 18.5 Å². The molecule has 0 amide bonds. The van der Waals surface area contributed by atoms with E-state index in [1.54, 1.807) is 26.0 Å². The summed E-state index contributed by atoms with van der Waals surface area (Å²) < 4.78 is 15.9. The Morgan fingerprint density at radius 1 is 1.12 bits per heavy atom. The number of carbonyl (C=O) groups excluding carboxylic acids is 1. The van der Waals surface area contributed by atoms with Crippen LogP contribution in [0.5, 0.6) is 17.8 Å². The Kier molecular flexibility index (Phi) is 6.30. The number of para-hydroxylation sites is 1. The van der Waals surface area contributed by atoms with Gasteiger partial charge in [-0.2, -0.15) is 9.97 Å². The van der Waals surface area contributed by atoms with Crippen LogP contribution in [0.15, 0.2) is 30.3 Å². The summed E-state index contributed by atoms with van der Waals surface area (Å²) >= 11 is 0. The molecule has 2 aromatic rings. The molecule has 0 aliphatic heterocycles. The van der Waals surface area contributed by atoms with E-state index in [0.29, 0.717) is 18.2 Å². The van der Waals surface area contributed by atoms with Crippen molar-refractivity contribution in [2.24, 2.45) is 0 Å². The van der Waals surface area contributed by atoms with E-state index in [1.165, 1.54) is 0 Å². The van der Waals surface area contributed by atoms with Crippen LogP contribution < -0.4 is 14.8 Å². The van der Waals surface area contributed by atoms with Crippen molar-refractivity contribution in [2.45, 2.75) is 26.9 Å². The van der Waals surface area contributed by atoms with Crippen LogP contribution in [-0.2, 0) is 9.53 Å². The summed E-state index contributed by atoms with van der Waals surface area (Å²) in [6, 6.07) is 9.14. The Labute approximate surface area is 140 Å². The molecule has 24 heavy (non-hydrogen) atoms. The lowest BCUT2D eigenvalue weighted by atomic mass is 10.3. The monoisotopic (exact) mass is 332 g/mol. The van der Waals surface area contributed by atoms with E-state index in [4.69, 9.17) is 14.2 Å². The van der Waals surface area contributed by atoms with Crippen LogP contribution in [0, 0.1) is 0 Å². The molecule has 0 aliphatic rings. The van der Waals surface area contributed by atoms with Gasteiger partial charge in [-0.3, -0.25) is 0 Å². The van der Waals surface area contributed by atoms with Crippen molar-refractivity contribution in [1.29, 1.82) is 0 Å². The molecule has 8 nitrogen and oxygen atoms in total. The normalized spacial score (nSPS) is 11.5. The van der Waals surface area contributed by atoms with Crippen LogP contribution in [0.25, 0.3) is 0 Å². The highest BCUT2D eigenvalue weighted by Crippen LogP contribution is 2.20. The molecule has 0 aliphatic carbocycles. The van der Waals surface area contributed by atoms with Crippen LogP contribution >= 0.6 is 0 Å². The van der Waals surface area contributed by atoms with Crippen molar-refractivity contribution in [3.8, 4) is 17.8 Å². The zero-order chi connectivity index (χ0) is 17.4. The summed E-state index contributed by atoms with van der Waals surface area (Å²) in [5, 5.41) is 2.96. The van der Waals surface area contributed by atoms with Crippen LogP contribution in [0.3, 0.4) is 0 Å². The van der Waals surface area contributed by atoms with Gasteiger partial charge in [0.15, 0.2) is 6.10 Å². The van der Waals surface area contributed by atoms with Crippen LogP contribution in [0.2, 0.25) is 0 Å². The molecule has 0 spiro atoms.